The van der Waals surface area contributed by atoms with Crippen LogP contribution in [0.15, 0.2) is 0 Å². The van der Waals surface area contributed by atoms with Crippen molar-refractivity contribution in [1.29, 1.82) is 0 Å². The number of ether oxygens (including phenoxy) is 1. The van der Waals surface area contributed by atoms with Gasteiger partial charge in [-0.15, -0.1) is 0 Å². The fourth-order valence-corrected chi connectivity index (χ4v) is 4.05. The molecule has 0 unspecified atom stereocenters. The third-order valence-corrected chi connectivity index (χ3v) is 5.43. The van der Waals surface area contributed by atoms with E-state index in [9.17, 15) is 17.6 Å². The van der Waals surface area contributed by atoms with Crippen molar-refractivity contribution in [3.8, 4) is 0 Å². The van der Waals surface area contributed by atoms with E-state index in [4.69, 9.17) is 10.5 Å². The Labute approximate surface area is 157 Å². The van der Waals surface area contributed by atoms with Crippen LogP contribution in [0.4, 0.5) is 28.9 Å². The zero-order valence-corrected chi connectivity index (χ0v) is 15.7. The van der Waals surface area contributed by atoms with Gasteiger partial charge in [0, 0.05) is 25.7 Å². The minimum Gasteiger partial charge on any atom is -0.380 e. The fraction of sp³-hybridized carbons (Fsp3) is 0.684. The number of anilines is 2. The molecule has 1 heterocycles. The molecule has 3 N–H and O–H groups in total. The Morgan fingerprint density at radius 2 is 1.44 bits per heavy atom. The third-order valence-electron chi connectivity index (χ3n) is 5.43. The highest BCUT2D eigenvalue weighted by molar-refractivity contribution is 5.60. The van der Waals surface area contributed by atoms with Crippen LogP contribution in [0.25, 0.3) is 0 Å². The normalized spacial score (nSPS) is 29.1. The minimum absolute atomic E-state index is 0.155. The largest absolute Gasteiger partial charge is 0.380 e. The molecule has 2 fully saturated rings. The molecule has 27 heavy (non-hydrogen) atoms. The van der Waals surface area contributed by atoms with Crippen molar-refractivity contribution in [2.45, 2.75) is 57.8 Å². The molecule has 0 amide bonds. The monoisotopic (exact) mass is 389 g/mol. The SMILES string of the molecule is C[C@@H]1CN(c2c(F)c(F)c(NC[C@H]3CC[C@H](N)CC3)c(F)c2F)C[C@H](C)O1. The lowest BCUT2D eigenvalue weighted by atomic mass is 9.86. The fourth-order valence-electron chi connectivity index (χ4n) is 4.05. The average molecular weight is 389 g/mol. The number of nitrogens with zero attached hydrogens (tertiary/aromatic N) is 1. The van der Waals surface area contributed by atoms with Gasteiger partial charge in [0.15, 0.2) is 23.3 Å². The number of nitrogens with two attached hydrogens (primary N) is 1. The Bertz CT molecular complexity index is 640. The molecular formula is C19H27F4N3O. The number of hydrogen-bond donors (Lipinski definition) is 2. The van der Waals surface area contributed by atoms with Crippen LogP contribution in [0.2, 0.25) is 0 Å². The number of nitrogens with one attached hydrogen (secondary N) is 1. The van der Waals surface area contributed by atoms with Crippen molar-refractivity contribution in [3.63, 3.8) is 0 Å². The maximum Gasteiger partial charge on any atom is 0.187 e. The molecule has 0 aromatic heterocycles. The highest BCUT2D eigenvalue weighted by atomic mass is 19.2. The van der Waals surface area contributed by atoms with E-state index >= 15 is 0 Å². The summed E-state index contributed by atoms with van der Waals surface area (Å²) in [6, 6.07) is 0.155. The molecule has 2 atom stereocenters. The van der Waals surface area contributed by atoms with Crippen LogP contribution in [0, 0.1) is 29.2 Å². The summed E-state index contributed by atoms with van der Waals surface area (Å²) in [4.78, 5) is 1.31. The van der Waals surface area contributed by atoms with Gasteiger partial charge in [-0.3, -0.25) is 0 Å². The smallest absolute Gasteiger partial charge is 0.187 e. The van der Waals surface area contributed by atoms with Gasteiger partial charge in [-0.2, -0.15) is 0 Å². The van der Waals surface area contributed by atoms with E-state index in [-0.39, 0.29) is 43.8 Å². The van der Waals surface area contributed by atoms with Crippen molar-refractivity contribution >= 4 is 11.4 Å². The predicted octanol–water partition coefficient (Wildman–Crippen LogP) is 3.79. The molecule has 1 saturated carbocycles. The number of rotatable bonds is 4. The molecule has 0 radical (unpaired) electrons. The van der Waals surface area contributed by atoms with Gasteiger partial charge < -0.3 is 20.7 Å². The van der Waals surface area contributed by atoms with Gasteiger partial charge in [0.25, 0.3) is 0 Å². The highest BCUT2D eigenvalue weighted by Gasteiger charge is 2.32. The molecule has 1 aromatic carbocycles. The summed E-state index contributed by atoms with van der Waals surface area (Å²) in [7, 11) is 0. The molecule has 1 aliphatic carbocycles. The third kappa shape index (κ3) is 4.32. The Morgan fingerprint density at radius 1 is 0.926 bits per heavy atom. The number of benzene rings is 1. The zero-order chi connectivity index (χ0) is 19.7. The topological polar surface area (TPSA) is 50.5 Å². The molecule has 1 aromatic rings. The Balaban J connectivity index is 1.81. The molecule has 3 rings (SSSR count). The van der Waals surface area contributed by atoms with Gasteiger partial charge in [-0.25, -0.2) is 17.6 Å². The Kier molecular flexibility index (Phi) is 6.15. The van der Waals surface area contributed by atoms with E-state index in [1.165, 1.54) is 4.90 Å². The first-order chi connectivity index (χ1) is 12.8. The predicted molar refractivity (Wildman–Crippen MR) is 96.9 cm³/mol. The number of morpholine rings is 1. The van der Waals surface area contributed by atoms with E-state index in [0.29, 0.717) is 0 Å². The van der Waals surface area contributed by atoms with Crippen molar-refractivity contribution < 1.29 is 22.3 Å². The van der Waals surface area contributed by atoms with Crippen molar-refractivity contribution in [2.24, 2.45) is 11.7 Å². The second-order valence-corrected chi connectivity index (χ2v) is 7.80. The van der Waals surface area contributed by atoms with Gasteiger partial charge in [-0.05, 0) is 45.4 Å². The first-order valence-electron chi connectivity index (χ1n) is 9.53. The molecule has 8 heteroatoms. The summed E-state index contributed by atoms with van der Waals surface area (Å²) < 4.78 is 63.9. The highest BCUT2D eigenvalue weighted by Crippen LogP contribution is 2.35. The summed E-state index contributed by atoms with van der Waals surface area (Å²) in [5.41, 5.74) is 4.44. The van der Waals surface area contributed by atoms with Crippen molar-refractivity contribution in [3.05, 3.63) is 23.3 Å². The van der Waals surface area contributed by atoms with Crippen LogP contribution in [-0.4, -0.2) is 37.9 Å². The number of halogens is 4. The van der Waals surface area contributed by atoms with E-state index in [0.717, 1.165) is 25.7 Å². The van der Waals surface area contributed by atoms with E-state index < -0.39 is 34.6 Å². The van der Waals surface area contributed by atoms with Crippen LogP contribution in [0.5, 0.6) is 0 Å². The molecule has 0 bridgehead atoms. The Hall–Kier alpha value is -1.54. The molecule has 4 nitrogen and oxygen atoms in total. The van der Waals surface area contributed by atoms with E-state index in [1.807, 2.05) is 0 Å². The van der Waals surface area contributed by atoms with Crippen LogP contribution in [0.1, 0.15) is 39.5 Å². The molecule has 1 aliphatic heterocycles. The average Bonchev–Trinajstić information content (AvgIpc) is 2.61. The van der Waals surface area contributed by atoms with Crippen molar-refractivity contribution in [2.75, 3.05) is 29.9 Å². The first-order valence-corrected chi connectivity index (χ1v) is 9.53. The molecule has 2 aliphatic rings. The second kappa shape index (κ2) is 8.22. The van der Waals surface area contributed by atoms with Crippen LogP contribution in [-0.2, 0) is 4.74 Å². The maximum absolute atomic E-state index is 14.6. The Morgan fingerprint density at radius 3 is 1.96 bits per heavy atom. The standard InChI is InChI=1S/C19H27F4N3O/c1-10-8-26(9-11(2)27-10)19-16(22)14(20)18(15(21)17(19)23)25-7-12-3-5-13(24)6-4-12/h10-13,25H,3-9,24H2,1-2H3/t10-,11+,12-,13-. The van der Waals surface area contributed by atoms with Crippen LogP contribution in [0.3, 0.4) is 0 Å². The molecule has 1 saturated heterocycles. The summed E-state index contributed by atoms with van der Waals surface area (Å²) in [6.07, 6.45) is 2.73. The summed E-state index contributed by atoms with van der Waals surface area (Å²) >= 11 is 0. The minimum atomic E-state index is -1.39. The lowest BCUT2D eigenvalue weighted by Gasteiger charge is -2.37. The second-order valence-electron chi connectivity index (χ2n) is 7.80. The lowest BCUT2D eigenvalue weighted by Crippen LogP contribution is -2.46. The van der Waals surface area contributed by atoms with Gasteiger partial charge in [0.2, 0.25) is 0 Å². The van der Waals surface area contributed by atoms with Gasteiger partial charge in [0.05, 0.1) is 12.2 Å². The summed E-state index contributed by atoms with van der Waals surface area (Å²) in [5.74, 6) is -5.34. The molecule has 0 spiro atoms. The van der Waals surface area contributed by atoms with Crippen LogP contribution < -0.4 is 16.0 Å². The van der Waals surface area contributed by atoms with E-state index in [2.05, 4.69) is 5.32 Å². The van der Waals surface area contributed by atoms with Gasteiger partial charge >= 0.3 is 0 Å². The first kappa shape index (κ1) is 20.2. The summed E-state index contributed by atoms with van der Waals surface area (Å²) in [5, 5.41) is 2.58. The quantitative estimate of drug-likeness (QED) is 0.608. The zero-order valence-electron chi connectivity index (χ0n) is 15.7. The van der Waals surface area contributed by atoms with Gasteiger partial charge in [0.1, 0.15) is 11.4 Å². The summed E-state index contributed by atoms with van der Waals surface area (Å²) in [6.45, 7) is 4.07. The van der Waals surface area contributed by atoms with Gasteiger partial charge in [-0.1, -0.05) is 0 Å². The number of hydrogen-bond acceptors (Lipinski definition) is 4. The van der Waals surface area contributed by atoms with Crippen molar-refractivity contribution in [1.82, 2.24) is 0 Å². The molecular weight excluding hydrogens is 362 g/mol. The van der Waals surface area contributed by atoms with E-state index in [1.54, 1.807) is 13.8 Å². The maximum atomic E-state index is 14.6. The van der Waals surface area contributed by atoms with Crippen LogP contribution >= 0.6 is 0 Å². The molecule has 152 valence electrons. The lowest BCUT2D eigenvalue weighted by molar-refractivity contribution is -0.00565.